The molecule has 24 heavy (non-hydrogen) atoms. The summed E-state index contributed by atoms with van der Waals surface area (Å²) in [5.74, 6) is 0.255. The molecule has 3 rings (SSSR count). The van der Waals surface area contributed by atoms with E-state index >= 15 is 0 Å². The van der Waals surface area contributed by atoms with E-state index in [1.54, 1.807) is 7.11 Å². The maximum atomic E-state index is 13.1. The SMILES string of the molecule is COCC1(C(=O)N2CCN(C(=O)c3ccsc3)CC2)CCNCC1. The molecule has 2 saturated heterocycles. The fourth-order valence-electron chi connectivity index (χ4n) is 3.62. The van der Waals surface area contributed by atoms with Crippen molar-refractivity contribution in [1.82, 2.24) is 15.1 Å². The van der Waals surface area contributed by atoms with E-state index in [0.717, 1.165) is 31.5 Å². The van der Waals surface area contributed by atoms with Crippen LogP contribution < -0.4 is 5.32 Å². The molecule has 0 radical (unpaired) electrons. The van der Waals surface area contributed by atoms with Crippen molar-refractivity contribution in [2.45, 2.75) is 12.8 Å². The van der Waals surface area contributed by atoms with Crippen LogP contribution in [0.3, 0.4) is 0 Å². The van der Waals surface area contributed by atoms with Crippen LogP contribution in [0.1, 0.15) is 23.2 Å². The third kappa shape index (κ3) is 3.48. The van der Waals surface area contributed by atoms with Gasteiger partial charge in [-0.25, -0.2) is 0 Å². The Kier molecular flexibility index (Phi) is 5.53. The van der Waals surface area contributed by atoms with Gasteiger partial charge < -0.3 is 19.9 Å². The maximum absolute atomic E-state index is 13.1. The Labute approximate surface area is 146 Å². The van der Waals surface area contributed by atoms with Crippen molar-refractivity contribution in [1.29, 1.82) is 0 Å². The van der Waals surface area contributed by atoms with Crippen LogP contribution in [0.4, 0.5) is 0 Å². The number of hydrogen-bond donors (Lipinski definition) is 1. The predicted octanol–water partition coefficient (Wildman–Crippen LogP) is 1.05. The van der Waals surface area contributed by atoms with Gasteiger partial charge in [0.25, 0.3) is 5.91 Å². The van der Waals surface area contributed by atoms with Gasteiger partial charge in [-0.05, 0) is 37.4 Å². The van der Waals surface area contributed by atoms with Crippen LogP contribution in [-0.4, -0.2) is 74.6 Å². The molecule has 3 heterocycles. The van der Waals surface area contributed by atoms with Gasteiger partial charge in [-0.1, -0.05) is 0 Å². The number of rotatable bonds is 4. The van der Waals surface area contributed by atoms with E-state index in [9.17, 15) is 9.59 Å². The molecule has 1 N–H and O–H groups in total. The summed E-state index contributed by atoms with van der Waals surface area (Å²) in [4.78, 5) is 29.3. The zero-order chi connectivity index (χ0) is 17.0. The van der Waals surface area contributed by atoms with Crippen molar-refractivity contribution in [2.75, 3.05) is 53.0 Å². The summed E-state index contributed by atoms with van der Waals surface area (Å²) in [6.45, 7) is 4.59. The van der Waals surface area contributed by atoms with E-state index in [1.807, 2.05) is 26.6 Å². The molecule has 0 saturated carbocycles. The Hall–Kier alpha value is -1.44. The fourth-order valence-corrected chi connectivity index (χ4v) is 4.25. The third-order valence-corrected chi connectivity index (χ3v) is 5.74. The topological polar surface area (TPSA) is 61.9 Å². The van der Waals surface area contributed by atoms with Crippen LogP contribution in [0.15, 0.2) is 16.8 Å². The highest BCUT2D eigenvalue weighted by molar-refractivity contribution is 7.08. The molecule has 7 heteroatoms. The van der Waals surface area contributed by atoms with Crippen molar-refractivity contribution < 1.29 is 14.3 Å². The van der Waals surface area contributed by atoms with Gasteiger partial charge >= 0.3 is 0 Å². The zero-order valence-electron chi connectivity index (χ0n) is 14.1. The van der Waals surface area contributed by atoms with E-state index in [2.05, 4.69) is 5.32 Å². The summed E-state index contributed by atoms with van der Waals surface area (Å²) in [5.41, 5.74) is 0.341. The van der Waals surface area contributed by atoms with E-state index in [4.69, 9.17) is 4.74 Å². The molecule has 2 aliphatic rings. The summed E-state index contributed by atoms with van der Waals surface area (Å²) in [6, 6.07) is 1.85. The average molecular weight is 351 g/mol. The lowest BCUT2D eigenvalue weighted by Crippen LogP contribution is -2.57. The van der Waals surface area contributed by atoms with Gasteiger partial charge in [0.15, 0.2) is 0 Å². The van der Waals surface area contributed by atoms with Gasteiger partial charge in [0.2, 0.25) is 5.91 Å². The molecule has 2 amide bonds. The van der Waals surface area contributed by atoms with Crippen molar-refractivity contribution in [3.8, 4) is 0 Å². The minimum atomic E-state index is -0.403. The number of hydrogen-bond acceptors (Lipinski definition) is 5. The second kappa shape index (κ2) is 7.63. The minimum Gasteiger partial charge on any atom is -0.384 e. The number of nitrogens with one attached hydrogen (secondary N) is 1. The van der Waals surface area contributed by atoms with Crippen LogP contribution in [0.25, 0.3) is 0 Å². The van der Waals surface area contributed by atoms with Gasteiger partial charge in [-0.15, -0.1) is 0 Å². The quantitative estimate of drug-likeness (QED) is 0.881. The lowest BCUT2D eigenvalue weighted by molar-refractivity contribution is -0.149. The van der Waals surface area contributed by atoms with Crippen LogP contribution in [0.2, 0.25) is 0 Å². The second-order valence-electron chi connectivity index (χ2n) is 6.56. The number of ether oxygens (including phenoxy) is 1. The molecule has 1 aromatic heterocycles. The van der Waals surface area contributed by atoms with Crippen molar-refractivity contribution in [2.24, 2.45) is 5.41 Å². The Morgan fingerprint density at radius 3 is 2.46 bits per heavy atom. The van der Waals surface area contributed by atoms with Crippen molar-refractivity contribution >= 4 is 23.2 Å². The maximum Gasteiger partial charge on any atom is 0.254 e. The summed E-state index contributed by atoms with van der Waals surface area (Å²) >= 11 is 1.53. The van der Waals surface area contributed by atoms with Crippen molar-refractivity contribution in [3.05, 3.63) is 22.4 Å². The number of methoxy groups -OCH3 is 1. The second-order valence-corrected chi connectivity index (χ2v) is 7.34. The first-order valence-corrected chi connectivity index (χ1v) is 9.41. The molecule has 1 aromatic rings. The predicted molar refractivity (Wildman–Crippen MR) is 93.2 cm³/mol. The van der Waals surface area contributed by atoms with Crippen LogP contribution in [0.5, 0.6) is 0 Å². The van der Waals surface area contributed by atoms with E-state index in [0.29, 0.717) is 32.8 Å². The van der Waals surface area contributed by atoms with Crippen LogP contribution in [0, 0.1) is 5.41 Å². The van der Waals surface area contributed by atoms with Gasteiger partial charge in [-0.2, -0.15) is 11.3 Å². The first kappa shape index (κ1) is 17.4. The van der Waals surface area contributed by atoms with E-state index in [1.165, 1.54) is 11.3 Å². The summed E-state index contributed by atoms with van der Waals surface area (Å²) in [5, 5.41) is 7.11. The number of thiophene rings is 1. The molecule has 0 bridgehead atoms. The largest absolute Gasteiger partial charge is 0.384 e. The third-order valence-electron chi connectivity index (χ3n) is 5.06. The van der Waals surface area contributed by atoms with Crippen LogP contribution >= 0.6 is 11.3 Å². The molecule has 2 fully saturated rings. The van der Waals surface area contributed by atoms with Gasteiger partial charge in [0.1, 0.15) is 0 Å². The molecule has 0 atom stereocenters. The Morgan fingerprint density at radius 2 is 1.88 bits per heavy atom. The molecule has 6 nitrogen and oxygen atoms in total. The smallest absolute Gasteiger partial charge is 0.254 e. The Morgan fingerprint density at radius 1 is 1.21 bits per heavy atom. The number of carbonyl (C=O) groups is 2. The van der Waals surface area contributed by atoms with Gasteiger partial charge in [0, 0.05) is 38.7 Å². The van der Waals surface area contributed by atoms with E-state index in [-0.39, 0.29) is 11.8 Å². The first-order chi connectivity index (χ1) is 11.7. The van der Waals surface area contributed by atoms with Crippen molar-refractivity contribution in [3.63, 3.8) is 0 Å². The first-order valence-electron chi connectivity index (χ1n) is 8.47. The zero-order valence-corrected chi connectivity index (χ0v) is 14.9. The normalized spacial score (nSPS) is 20.9. The highest BCUT2D eigenvalue weighted by Gasteiger charge is 2.43. The molecule has 132 valence electrons. The minimum absolute atomic E-state index is 0.0665. The monoisotopic (exact) mass is 351 g/mol. The summed E-state index contributed by atoms with van der Waals surface area (Å²) < 4.78 is 5.37. The number of piperidine rings is 1. The molecule has 0 aliphatic carbocycles. The fraction of sp³-hybridized carbons (Fsp3) is 0.647. The Bertz CT molecular complexity index is 556. The summed E-state index contributed by atoms with van der Waals surface area (Å²) in [7, 11) is 1.66. The number of amides is 2. The molecule has 0 aromatic carbocycles. The molecular formula is C17H25N3O3S. The summed E-state index contributed by atoms with van der Waals surface area (Å²) in [6.07, 6.45) is 1.63. The highest BCUT2D eigenvalue weighted by atomic mass is 32.1. The lowest BCUT2D eigenvalue weighted by atomic mass is 9.78. The number of carbonyl (C=O) groups excluding carboxylic acids is 2. The highest BCUT2D eigenvalue weighted by Crippen LogP contribution is 2.32. The molecule has 0 spiro atoms. The Balaban J connectivity index is 1.61. The lowest BCUT2D eigenvalue weighted by Gasteiger charge is -2.42. The van der Waals surface area contributed by atoms with E-state index < -0.39 is 5.41 Å². The standard InChI is InChI=1S/C17H25N3O3S/c1-23-13-17(3-5-18-6-4-17)16(22)20-9-7-19(8-10-20)15(21)14-2-11-24-12-14/h2,11-12,18H,3-10,13H2,1H3. The average Bonchev–Trinajstić information content (AvgIpc) is 3.16. The molecule has 0 unspecified atom stereocenters. The molecular weight excluding hydrogens is 326 g/mol. The van der Waals surface area contributed by atoms with Gasteiger partial charge in [0.05, 0.1) is 17.6 Å². The van der Waals surface area contributed by atoms with Crippen LogP contribution in [-0.2, 0) is 9.53 Å². The van der Waals surface area contributed by atoms with Gasteiger partial charge in [-0.3, -0.25) is 9.59 Å². The number of nitrogens with zero attached hydrogens (tertiary/aromatic N) is 2. The molecule has 2 aliphatic heterocycles. The number of piperazine rings is 1.